The molecule has 7 heteroatoms. The van der Waals surface area contributed by atoms with Gasteiger partial charge in [-0.3, -0.25) is 4.79 Å². The summed E-state index contributed by atoms with van der Waals surface area (Å²) < 4.78 is 25.8. The maximum absolute atomic E-state index is 13.0. The van der Waals surface area contributed by atoms with E-state index in [1.54, 1.807) is 0 Å². The molecule has 114 valence electrons. The maximum Gasteiger partial charge on any atom is 0.326 e. The number of rotatable bonds is 4. The van der Waals surface area contributed by atoms with Crippen molar-refractivity contribution in [1.82, 2.24) is 4.90 Å². The molecular weight excluding hydrogens is 284 g/mol. The number of aliphatic hydroxyl groups is 1. The minimum absolute atomic E-state index is 0.00620. The molecule has 1 aliphatic heterocycles. The largest absolute Gasteiger partial charge is 0.480 e. The molecule has 2 atom stereocenters. The molecule has 1 aromatic carbocycles. The second kappa shape index (κ2) is 6.17. The van der Waals surface area contributed by atoms with Crippen molar-refractivity contribution in [2.24, 2.45) is 0 Å². The van der Waals surface area contributed by atoms with Crippen LogP contribution in [0.15, 0.2) is 18.2 Å². The summed E-state index contributed by atoms with van der Waals surface area (Å²) >= 11 is 0. The van der Waals surface area contributed by atoms with Gasteiger partial charge in [0.25, 0.3) is 0 Å². The van der Waals surface area contributed by atoms with E-state index >= 15 is 0 Å². The van der Waals surface area contributed by atoms with E-state index in [9.17, 15) is 23.5 Å². The topological polar surface area (TPSA) is 77.8 Å². The molecule has 1 fully saturated rings. The molecule has 2 N–H and O–H groups in total. The third kappa shape index (κ3) is 3.55. The number of aliphatic hydroxyl groups excluding tert-OH is 1. The highest BCUT2D eigenvalue weighted by Gasteiger charge is 2.38. The van der Waals surface area contributed by atoms with E-state index in [4.69, 9.17) is 5.11 Å². The number of amides is 1. The Kier molecular flexibility index (Phi) is 4.52. The van der Waals surface area contributed by atoms with Gasteiger partial charge in [0.15, 0.2) is 11.6 Å². The quantitative estimate of drug-likeness (QED) is 0.867. The Hall–Kier alpha value is -2.02. The van der Waals surface area contributed by atoms with E-state index in [1.807, 2.05) is 0 Å². The van der Waals surface area contributed by atoms with Gasteiger partial charge < -0.3 is 15.1 Å². The Bertz CT molecular complexity index is 564. The van der Waals surface area contributed by atoms with E-state index in [0.29, 0.717) is 5.56 Å². The third-order valence-electron chi connectivity index (χ3n) is 3.50. The zero-order chi connectivity index (χ0) is 15.6. The number of carbonyl (C=O) groups is 2. The number of benzene rings is 1. The van der Waals surface area contributed by atoms with Crippen LogP contribution in [-0.4, -0.2) is 45.7 Å². The predicted octanol–water partition coefficient (Wildman–Crippen LogP) is 0.944. The first kappa shape index (κ1) is 15.4. The predicted molar refractivity (Wildman–Crippen MR) is 68.4 cm³/mol. The van der Waals surface area contributed by atoms with Crippen LogP contribution < -0.4 is 0 Å². The first-order chi connectivity index (χ1) is 9.88. The van der Waals surface area contributed by atoms with Gasteiger partial charge in [0.1, 0.15) is 6.04 Å². The number of carboxylic acid groups (broad SMARTS) is 1. The van der Waals surface area contributed by atoms with Crippen molar-refractivity contribution in [2.45, 2.75) is 31.4 Å². The Morgan fingerprint density at radius 3 is 2.62 bits per heavy atom. The van der Waals surface area contributed by atoms with E-state index in [1.165, 1.54) is 6.07 Å². The van der Waals surface area contributed by atoms with Crippen molar-refractivity contribution in [3.63, 3.8) is 0 Å². The number of halogens is 2. The summed E-state index contributed by atoms with van der Waals surface area (Å²) in [6, 6.07) is 2.34. The fraction of sp³-hybridized carbons (Fsp3) is 0.429. The van der Waals surface area contributed by atoms with Gasteiger partial charge in [0.2, 0.25) is 5.91 Å². The van der Waals surface area contributed by atoms with Crippen LogP contribution in [0.3, 0.4) is 0 Å². The second-order valence-corrected chi connectivity index (χ2v) is 5.04. The monoisotopic (exact) mass is 299 g/mol. The molecule has 0 saturated carbocycles. The van der Waals surface area contributed by atoms with Crippen molar-refractivity contribution in [1.29, 1.82) is 0 Å². The number of nitrogens with zero attached hydrogens (tertiary/aromatic N) is 1. The van der Waals surface area contributed by atoms with Crippen LogP contribution in [-0.2, 0) is 16.0 Å². The zero-order valence-corrected chi connectivity index (χ0v) is 11.1. The van der Waals surface area contributed by atoms with E-state index < -0.39 is 35.7 Å². The minimum atomic E-state index is -1.16. The van der Waals surface area contributed by atoms with Gasteiger partial charge in [0.05, 0.1) is 6.10 Å². The van der Waals surface area contributed by atoms with Gasteiger partial charge in [-0.1, -0.05) is 6.07 Å². The number of likely N-dealkylation sites (tertiary alicyclic amines) is 1. The van der Waals surface area contributed by atoms with Crippen LogP contribution >= 0.6 is 0 Å². The van der Waals surface area contributed by atoms with Crippen molar-refractivity contribution >= 4 is 11.9 Å². The number of β-amino-alcohol motifs (C(OH)–C–C–N with tert-alkyl or cyclic N) is 1. The summed E-state index contributed by atoms with van der Waals surface area (Å²) in [5.41, 5.74) is 0.453. The lowest BCUT2D eigenvalue weighted by molar-refractivity contribution is -0.148. The first-order valence-corrected chi connectivity index (χ1v) is 6.52. The lowest BCUT2D eigenvalue weighted by Gasteiger charge is -2.21. The molecule has 0 aliphatic carbocycles. The Balaban J connectivity index is 1.97. The number of aliphatic carboxylic acids is 1. The lowest BCUT2D eigenvalue weighted by atomic mass is 10.1. The number of aryl methyl sites for hydroxylation is 1. The summed E-state index contributed by atoms with van der Waals surface area (Å²) in [5, 5.41) is 18.5. The molecule has 1 aromatic rings. The van der Waals surface area contributed by atoms with E-state index in [0.717, 1.165) is 17.0 Å². The van der Waals surface area contributed by atoms with Crippen molar-refractivity contribution in [2.75, 3.05) is 6.54 Å². The molecule has 1 amide bonds. The van der Waals surface area contributed by atoms with Crippen molar-refractivity contribution < 1.29 is 28.6 Å². The highest BCUT2D eigenvalue weighted by molar-refractivity contribution is 5.84. The number of hydrogen-bond acceptors (Lipinski definition) is 3. The Morgan fingerprint density at radius 2 is 2.00 bits per heavy atom. The average Bonchev–Trinajstić information content (AvgIpc) is 2.82. The highest BCUT2D eigenvalue weighted by Crippen LogP contribution is 2.20. The molecule has 1 heterocycles. The molecule has 0 radical (unpaired) electrons. The summed E-state index contributed by atoms with van der Waals surface area (Å²) in [5.74, 6) is -3.53. The summed E-state index contributed by atoms with van der Waals surface area (Å²) in [6.45, 7) is -0.0203. The van der Waals surface area contributed by atoms with Crippen molar-refractivity contribution in [3.8, 4) is 0 Å². The van der Waals surface area contributed by atoms with Crippen LogP contribution in [0, 0.1) is 11.6 Å². The molecule has 0 bridgehead atoms. The fourth-order valence-electron chi connectivity index (χ4n) is 2.41. The van der Waals surface area contributed by atoms with Gasteiger partial charge >= 0.3 is 5.97 Å². The lowest BCUT2D eigenvalue weighted by Crippen LogP contribution is -2.40. The molecule has 21 heavy (non-hydrogen) atoms. The Labute approximate surface area is 119 Å². The van der Waals surface area contributed by atoms with Crippen LogP contribution in [0.5, 0.6) is 0 Å². The van der Waals surface area contributed by atoms with Crippen molar-refractivity contribution in [3.05, 3.63) is 35.4 Å². The summed E-state index contributed by atoms with van der Waals surface area (Å²) in [6.07, 6.45) is -0.693. The van der Waals surface area contributed by atoms with E-state index in [-0.39, 0.29) is 25.8 Å². The summed E-state index contributed by atoms with van der Waals surface area (Å²) in [4.78, 5) is 24.2. The molecule has 0 unspecified atom stereocenters. The van der Waals surface area contributed by atoms with Gasteiger partial charge in [0, 0.05) is 19.4 Å². The third-order valence-corrected chi connectivity index (χ3v) is 3.50. The number of hydrogen-bond donors (Lipinski definition) is 2. The van der Waals surface area contributed by atoms with Crippen LogP contribution in [0.2, 0.25) is 0 Å². The SMILES string of the molecule is O=C(O)[C@H]1C[C@H](O)CN1C(=O)CCc1ccc(F)c(F)c1. The second-order valence-electron chi connectivity index (χ2n) is 5.04. The normalized spacial score (nSPS) is 21.6. The number of carboxylic acids is 1. The van der Waals surface area contributed by atoms with Crippen LogP contribution in [0.4, 0.5) is 8.78 Å². The zero-order valence-electron chi connectivity index (χ0n) is 11.1. The average molecular weight is 299 g/mol. The highest BCUT2D eigenvalue weighted by atomic mass is 19.2. The molecular formula is C14H15F2NO4. The minimum Gasteiger partial charge on any atom is -0.480 e. The fourth-order valence-corrected chi connectivity index (χ4v) is 2.41. The maximum atomic E-state index is 13.0. The van der Waals surface area contributed by atoms with Crippen LogP contribution in [0.1, 0.15) is 18.4 Å². The molecule has 0 aromatic heterocycles. The molecule has 5 nitrogen and oxygen atoms in total. The molecule has 1 aliphatic rings. The van der Waals surface area contributed by atoms with Crippen LogP contribution in [0.25, 0.3) is 0 Å². The molecule has 2 rings (SSSR count). The van der Waals surface area contributed by atoms with Gasteiger partial charge in [-0.15, -0.1) is 0 Å². The number of carbonyl (C=O) groups excluding carboxylic acids is 1. The Morgan fingerprint density at radius 1 is 1.29 bits per heavy atom. The van der Waals surface area contributed by atoms with Gasteiger partial charge in [-0.05, 0) is 24.1 Å². The smallest absolute Gasteiger partial charge is 0.326 e. The molecule has 1 saturated heterocycles. The van der Waals surface area contributed by atoms with Gasteiger partial charge in [-0.25, -0.2) is 13.6 Å². The van der Waals surface area contributed by atoms with E-state index in [2.05, 4.69) is 0 Å². The van der Waals surface area contributed by atoms with Gasteiger partial charge in [-0.2, -0.15) is 0 Å². The summed E-state index contributed by atoms with van der Waals surface area (Å²) in [7, 11) is 0. The standard InChI is InChI=1S/C14H15F2NO4/c15-10-3-1-8(5-11(10)16)2-4-13(19)17-7-9(18)6-12(17)14(20)21/h1,3,5,9,12,18H,2,4,6-7H2,(H,20,21)/t9-,12+/m0/s1. The molecule has 0 spiro atoms. The first-order valence-electron chi connectivity index (χ1n) is 6.52.